The maximum absolute atomic E-state index is 12.6. The SMILES string of the molecule is Cc1cccc(C(=O)NC[C@H](c2ccco2)N2CCc3ccccc3C2)c1. The number of carbonyl (C=O) groups is 1. The molecule has 0 fully saturated rings. The van der Waals surface area contributed by atoms with E-state index in [1.807, 2.05) is 43.3 Å². The van der Waals surface area contributed by atoms with Crippen LogP contribution in [0.25, 0.3) is 0 Å². The van der Waals surface area contributed by atoms with Crippen LogP contribution in [0.15, 0.2) is 71.3 Å². The van der Waals surface area contributed by atoms with E-state index in [2.05, 4.69) is 34.5 Å². The van der Waals surface area contributed by atoms with Crippen LogP contribution in [0.2, 0.25) is 0 Å². The third-order valence-corrected chi connectivity index (χ3v) is 5.21. The van der Waals surface area contributed by atoms with Crippen LogP contribution < -0.4 is 5.32 Å². The van der Waals surface area contributed by atoms with Crippen molar-refractivity contribution in [2.24, 2.45) is 0 Å². The summed E-state index contributed by atoms with van der Waals surface area (Å²) in [6.07, 6.45) is 2.71. The second-order valence-corrected chi connectivity index (χ2v) is 7.10. The van der Waals surface area contributed by atoms with Crippen molar-refractivity contribution in [1.29, 1.82) is 0 Å². The zero-order chi connectivity index (χ0) is 18.6. The minimum atomic E-state index is -0.0485. The van der Waals surface area contributed by atoms with E-state index in [0.29, 0.717) is 12.1 Å². The highest BCUT2D eigenvalue weighted by atomic mass is 16.3. The maximum atomic E-state index is 12.6. The second-order valence-electron chi connectivity index (χ2n) is 7.10. The number of rotatable bonds is 5. The zero-order valence-corrected chi connectivity index (χ0v) is 15.5. The molecular weight excluding hydrogens is 336 g/mol. The molecule has 27 heavy (non-hydrogen) atoms. The first kappa shape index (κ1) is 17.6. The molecule has 0 saturated carbocycles. The van der Waals surface area contributed by atoms with Gasteiger partial charge in [0.15, 0.2) is 0 Å². The molecule has 138 valence electrons. The van der Waals surface area contributed by atoms with Crippen LogP contribution in [-0.4, -0.2) is 23.9 Å². The molecular formula is C23H24N2O2. The molecule has 1 atom stereocenters. The molecule has 0 saturated heterocycles. The number of hydrogen-bond acceptors (Lipinski definition) is 3. The lowest BCUT2D eigenvalue weighted by Crippen LogP contribution is -2.40. The van der Waals surface area contributed by atoms with Crippen molar-refractivity contribution in [2.75, 3.05) is 13.1 Å². The van der Waals surface area contributed by atoms with E-state index in [0.717, 1.165) is 30.8 Å². The van der Waals surface area contributed by atoms with E-state index in [1.54, 1.807) is 6.26 Å². The molecule has 0 bridgehead atoms. The van der Waals surface area contributed by atoms with Gasteiger partial charge in [-0.1, -0.05) is 42.0 Å². The van der Waals surface area contributed by atoms with Gasteiger partial charge >= 0.3 is 0 Å². The molecule has 1 aliphatic heterocycles. The molecule has 0 unspecified atom stereocenters. The van der Waals surface area contributed by atoms with Crippen LogP contribution in [0, 0.1) is 6.92 Å². The Bertz CT molecular complexity index is 918. The fraction of sp³-hybridized carbons (Fsp3) is 0.261. The Balaban J connectivity index is 1.50. The van der Waals surface area contributed by atoms with Gasteiger partial charge in [-0.05, 0) is 48.7 Å². The Labute approximate surface area is 159 Å². The van der Waals surface area contributed by atoms with E-state index in [4.69, 9.17) is 4.42 Å². The lowest BCUT2D eigenvalue weighted by molar-refractivity contribution is 0.0919. The standard InChI is InChI=1S/C23H24N2O2/c1-17-6-4-9-19(14-17)23(26)24-15-21(22-10-5-13-27-22)25-12-11-18-7-2-3-8-20(18)16-25/h2-10,13-14,21H,11-12,15-16H2,1H3,(H,24,26)/t21-/m1/s1. The molecule has 3 aromatic rings. The minimum absolute atomic E-state index is 0.0158. The normalized spacial score (nSPS) is 15.1. The lowest BCUT2D eigenvalue weighted by Gasteiger charge is -2.34. The summed E-state index contributed by atoms with van der Waals surface area (Å²) < 4.78 is 5.70. The molecule has 4 heteroatoms. The summed E-state index contributed by atoms with van der Waals surface area (Å²) in [5, 5.41) is 3.10. The molecule has 2 heterocycles. The van der Waals surface area contributed by atoms with Crippen molar-refractivity contribution in [1.82, 2.24) is 10.2 Å². The predicted molar refractivity (Wildman–Crippen MR) is 106 cm³/mol. The van der Waals surface area contributed by atoms with E-state index >= 15 is 0 Å². The number of carbonyl (C=O) groups excluding carboxylic acids is 1. The predicted octanol–water partition coefficient (Wildman–Crippen LogP) is 4.12. The Morgan fingerprint density at radius 2 is 1.96 bits per heavy atom. The van der Waals surface area contributed by atoms with Gasteiger partial charge in [0.05, 0.1) is 12.3 Å². The topological polar surface area (TPSA) is 45.5 Å². The number of furan rings is 1. The summed E-state index contributed by atoms with van der Waals surface area (Å²) in [7, 11) is 0. The molecule has 2 aromatic carbocycles. The number of hydrogen-bond donors (Lipinski definition) is 1. The number of benzene rings is 2. The fourth-order valence-electron chi connectivity index (χ4n) is 3.75. The van der Waals surface area contributed by atoms with Gasteiger partial charge in [-0.15, -0.1) is 0 Å². The largest absolute Gasteiger partial charge is 0.468 e. The van der Waals surface area contributed by atoms with Crippen molar-refractivity contribution >= 4 is 5.91 Å². The summed E-state index contributed by atoms with van der Waals surface area (Å²) in [4.78, 5) is 15.0. The highest BCUT2D eigenvalue weighted by Crippen LogP contribution is 2.28. The van der Waals surface area contributed by atoms with E-state index in [1.165, 1.54) is 11.1 Å². The minimum Gasteiger partial charge on any atom is -0.468 e. The van der Waals surface area contributed by atoms with Crippen LogP contribution in [0.5, 0.6) is 0 Å². The van der Waals surface area contributed by atoms with Gasteiger partial charge in [-0.3, -0.25) is 9.69 Å². The van der Waals surface area contributed by atoms with E-state index in [-0.39, 0.29) is 11.9 Å². The van der Waals surface area contributed by atoms with Gasteiger partial charge in [0.2, 0.25) is 0 Å². The van der Waals surface area contributed by atoms with Crippen LogP contribution in [0.4, 0.5) is 0 Å². The zero-order valence-electron chi connectivity index (χ0n) is 15.5. The van der Waals surface area contributed by atoms with Gasteiger partial charge < -0.3 is 9.73 Å². The summed E-state index contributed by atoms with van der Waals surface area (Å²) in [6.45, 7) is 4.32. The van der Waals surface area contributed by atoms with Gasteiger partial charge in [0.25, 0.3) is 5.91 Å². The molecule has 0 spiro atoms. The Hall–Kier alpha value is -2.85. The van der Waals surface area contributed by atoms with Crippen LogP contribution in [-0.2, 0) is 13.0 Å². The smallest absolute Gasteiger partial charge is 0.251 e. The number of nitrogens with zero attached hydrogens (tertiary/aromatic N) is 1. The number of aryl methyl sites for hydroxylation is 1. The fourth-order valence-corrected chi connectivity index (χ4v) is 3.75. The van der Waals surface area contributed by atoms with Crippen LogP contribution >= 0.6 is 0 Å². The number of nitrogens with one attached hydrogen (secondary N) is 1. The summed E-state index contributed by atoms with van der Waals surface area (Å²) in [6, 6.07) is 20.2. The molecule has 1 aromatic heterocycles. The molecule has 4 nitrogen and oxygen atoms in total. The molecule has 1 aliphatic rings. The molecule has 1 amide bonds. The summed E-state index contributed by atoms with van der Waals surface area (Å²) in [5.41, 5.74) is 4.54. The highest BCUT2D eigenvalue weighted by Gasteiger charge is 2.27. The Kier molecular flexibility index (Phi) is 5.07. The van der Waals surface area contributed by atoms with Gasteiger partial charge in [-0.2, -0.15) is 0 Å². The lowest BCUT2D eigenvalue weighted by atomic mass is 9.98. The second kappa shape index (κ2) is 7.80. The van der Waals surface area contributed by atoms with E-state index in [9.17, 15) is 4.79 Å². The Morgan fingerprint density at radius 3 is 2.74 bits per heavy atom. The number of fused-ring (bicyclic) bond motifs is 1. The van der Waals surface area contributed by atoms with E-state index < -0.39 is 0 Å². The van der Waals surface area contributed by atoms with Crippen molar-refractivity contribution in [3.05, 3.63) is 94.9 Å². The van der Waals surface area contributed by atoms with Crippen molar-refractivity contribution in [3.63, 3.8) is 0 Å². The summed E-state index contributed by atoms with van der Waals surface area (Å²) in [5.74, 6) is 0.839. The van der Waals surface area contributed by atoms with Crippen LogP contribution in [0.1, 0.15) is 38.9 Å². The van der Waals surface area contributed by atoms with Crippen molar-refractivity contribution in [3.8, 4) is 0 Å². The molecule has 4 rings (SSSR count). The first-order valence-corrected chi connectivity index (χ1v) is 9.40. The first-order valence-electron chi connectivity index (χ1n) is 9.40. The molecule has 0 radical (unpaired) electrons. The average Bonchev–Trinajstić information content (AvgIpc) is 3.22. The average molecular weight is 360 g/mol. The van der Waals surface area contributed by atoms with Crippen molar-refractivity contribution < 1.29 is 9.21 Å². The maximum Gasteiger partial charge on any atom is 0.251 e. The number of amides is 1. The van der Waals surface area contributed by atoms with Crippen molar-refractivity contribution in [2.45, 2.75) is 25.9 Å². The monoisotopic (exact) mass is 360 g/mol. The van der Waals surface area contributed by atoms with Crippen LogP contribution in [0.3, 0.4) is 0 Å². The first-order chi connectivity index (χ1) is 13.2. The molecule has 1 N–H and O–H groups in total. The highest BCUT2D eigenvalue weighted by molar-refractivity contribution is 5.94. The van der Waals surface area contributed by atoms with Gasteiger partial charge in [0, 0.05) is 25.2 Å². The van der Waals surface area contributed by atoms with Gasteiger partial charge in [-0.25, -0.2) is 0 Å². The Morgan fingerprint density at radius 1 is 1.11 bits per heavy atom. The third-order valence-electron chi connectivity index (χ3n) is 5.21. The third kappa shape index (κ3) is 3.96. The summed E-state index contributed by atoms with van der Waals surface area (Å²) >= 11 is 0. The molecule has 0 aliphatic carbocycles. The quantitative estimate of drug-likeness (QED) is 0.744. The van der Waals surface area contributed by atoms with Gasteiger partial charge in [0.1, 0.15) is 5.76 Å².